The van der Waals surface area contributed by atoms with E-state index < -0.39 is 23.4 Å². The number of hydrogen-bond acceptors (Lipinski definition) is 6. The van der Waals surface area contributed by atoms with Crippen molar-refractivity contribution < 1.29 is 14.4 Å². The summed E-state index contributed by atoms with van der Waals surface area (Å²) in [5.74, 6) is 0.308. The molecule has 2 aromatic carbocycles. The Morgan fingerprint density at radius 1 is 1.09 bits per heavy atom. The first-order valence-electron chi connectivity index (χ1n) is 11.6. The Bertz CT molecular complexity index is 1240. The molecule has 0 spiro atoms. The van der Waals surface area contributed by atoms with E-state index in [1.54, 1.807) is 6.92 Å². The van der Waals surface area contributed by atoms with Crippen LogP contribution in [-0.2, 0) is 16.0 Å². The highest BCUT2D eigenvalue weighted by molar-refractivity contribution is 7.99. The van der Waals surface area contributed by atoms with Crippen LogP contribution < -0.4 is 10.7 Å². The zero-order valence-corrected chi connectivity index (χ0v) is 20.1. The van der Waals surface area contributed by atoms with Crippen LogP contribution in [0.3, 0.4) is 0 Å². The van der Waals surface area contributed by atoms with Gasteiger partial charge in [-0.3, -0.25) is 19.6 Å². The van der Waals surface area contributed by atoms with Crippen LogP contribution in [0.2, 0.25) is 0 Å². The minimum absolute atomic E-state index is 0.0204. The van der Waals surface area contributed by atoms with Gasteiger partial charge in [-0.25, -0.2) is 4.79 Å². The SMILES string of the molecule is C[C@]1(CCc2ccccc2)NC(=O)N(NC(=O)CSc2nnc(C3CC3)n2-c2ccccc2)C1=O. The van der Waals surface area contributed by atoms with Crippen molar-refractivity contribution in [3.8, 4) is 5.69 Å². The number of para-hydroxylation sites is 1. The maximum Gasteiger partial charge on any atom is 0.344 e. The first-order valence-corrected chi connectivity index (χ1v) is 12.6. The number of rotatable bonds is 9. The molecule has 2 fully saturated rings. The fraction of sp³-hybridized carbons (Fsp3) is 0.320. The van der Waals surface area contributed by atoms with E-state index in [9.17, 15) is 14.4 Å². The summed E-state index contributed by atoms with van der Waals surface area (Å²) in [6, 6.07) is 18.9. The number of carbonyl (C=O) groups excluding carboxylic acids is 3. The first-order chi connectivity index (χ1) is 16.9. The van der Waals surface area contributed by atoms with Gasteiger partial charge in [0, 0.05) is 11.6 Å². The minimum Gasteiger partial charge on any atom is -0.322 e. The molecule has 1 saturated carbocycles. The van der Waals surface area contributed by atoms with Gasteiger partial charge in [-0.1, -0.05) is 60.3 Å². The van der Waals surface area contributed by atoms with Gasteiger partial charge in [0.1, 0.15) is 11.4 Å². The molecule has 1 aliphatic carbocycles. The first kappa shape index (κ1) is 23.1. The number of imide groups is 1. The van der Waals surface area contributed by atoms with Crippen molar-refractivity contribution in [2.24, 2.45) is 0 Å². The number of nitrogens with zero attached hydrogens (tertiary/aromatic N) is 4. The molecule has 180 valence electrons. The van der Waals surface area contributed by atoms with Gasteiger partial charge >= 0.3 is 6.03 Å². The number of hydrogen-bond donors (Lipinski definition) is 2. The molecule has 0 bridgehead atoms. The van der Waals surface area contributed by atoms with Gasteiger partial charge in [-0.05, 0) is 50.3 Å². The number of amides is 4. The van der Waals surface area contributed by atoms with Gasteiger partial charge in [-0.15, -0.1) is 10.2 Å². The number of aromatic nitrogens is 3. The number of nitrogens with one attached hydrogen (secondary N) is 2. The monoisotopic (exact) mass is 490 g/mol. The van der Waals surface area contributed by atoms with Crippen molar-refractivity contribution in [1.82, 2.24) is 30.5 Å². The molecule has 9 nitrogen and oxygen atoms in total. The number of carbonyl (C=O) groups is 3. The van der Waals surface area contributed by atoms with E-state index in [-0.39, 0.29) is 5.75 Å². The molecule has 1 aliphatic heterocycles. The normalized spacial score (nSPS) is 19.6. The van der Waals surface area contributed by atoms with E-state index in [0.717, 1.165) is 34.9 Å². The molecule has 2 aliphatic rings. The van der Waals surface area contributed by atoms with E-state index in [2.05, 4.69) is 20.9 Å². The minimum atomic E-state index is -1.08. The molecule has 2 N–H and O–H groups in total. The summed E-state index contributed by atoms with van der Waals surface area (Å²) in [7, 11) is 0. The van der Waals surface area contributed by atoms with E-state index in [4.69, 9.17) is 0 Å². The smallest absolute Gasteiger partial charge is 0.322 e. The van der Waals surface area contributed by atoms with Gasteiger partial charge in [0.25, 0.3) is 5.91 Å². The third kappa shape index (κ3) is 4.93. The predicted octanol–water partition coefficient (Wildman–Crippen LogP) is 3.21. The van der Waals surface area contributed by atoms with Crippen LogP contribution in [0.25, 0.3) is 5.69 Å². The zero-order chi connectivity index (χ0) is 24.4. The van der Waals surface area contributed by atoms with Crippen molar-refractivity contribution in [3.05, 3.63) is 72.1 Å². The molecular formula is C25H26N6O3S. The topological polar surface area (TPSA) is 109 Å². The van der Waals surface area contributed by atoms with Crippen LogP contribution in [0.15, 0.2) is 65.8 Å². The molecule has 1 atom stereocenters. The Balaban J connectivity index is 1.22. The van der Waals surface area contributed by atoms with Crippen molar-refractivity contribution in [2.75, 3.05) is 5.75 Å². The Kier molecular flexibility index (Phi) is 6.29. The highest BCUT2D eigenvalue weighted by Crippen LogP contribution is 2.41. The Morgan fingerprint density at radius 2 is 1.77 bits per heavy atom. The summed E-state index contributed by atoms with van der Waals surface area (Å²) in [6.07, 6.45) is 3.20. The average Bonchev–Trinajstić information content (AvgIpc) is 3.60. The summed E-state index contributed by atoms with van der Waals surface area (Å²) in [5, 5.41) is 12.8. The summed E-state index contributed by atoms with van der Waals surface area (Å²) < 4.78 is 1.98. The molecule has 10 heteroatoms. The molecule has 2 heterocycles. The largest absolute Gasteiger partial charge is 0.344 e. The quantitative estimate of drug-likeness (QED) is 0.352. The van der Waals surface area contributed by atoms with E-state index >= 15 is 0 Å². The van der Waals surface area contributed by atoms with Crippen LogP contribution in [0, 0.1) is 0 Å². The van der Waals surface area contributed by atoms with Crippen molar-refractivity contribution >= 4 is 29.6 Å². The summed E-state index contributed by atoms with van der Waals surface area (Å²) in [5.41, 5.74) is 3.38. The summed E-state index contributed by atoms with van der Waals surface area (Å²) in [4.78, 5) is 38.2. The Morgan fingerprint density at radius 3 is 2.46 bits per heavy atom. The number of aryl methyl sites for hydroxylation is 1. The van der Waals surface area contributed by atoms with Gasteiger partial charge in [0.2, 0.25) is 5.91 Å². The third-order valence-electron chi connectivity index (χ3n) is 6.20. The van der Waals surface area contributed by atoms with Crippen molar-refractivity contribution in [1.29, 1.82) is 0 Å². The van der Waals surface area contributed by atoms with Gasteiger partial charge < -0.3 is 5.32 Å². The number of benzene rings is 2. The lowest BCUT2D eigenvalue weighted by molar-refractivity contribution is -0.138. The van der Waals surface area contributed by atoms with E-state index in [0.29, 0.717) is 23.9 Å². The maximum atomic E-state index is 13.0. The molecule has 3 aromatic rings. The number of hydrazine groups is 1. The summed E-state index contributed by atoms with van der Waals surface area (Å²) >= 11 is 1.22. The van der Waals surface area contributed by atoms with E-state index in [1.807, 2.05) is 65.2 Å². The molecule has 4 amide bonds. The van der Waals surface area contributed by atoms with Gasteiger partial charge in [0.15, 0.2) is 5.16 Å². The van der Waals surface area contributed by atoms with Gasteiger partial charge in [0.05, 0.1) is 5.75 Å². The highest BCUT2D eigenvalue weighted by Gasteiger charge is 2.48. The van der Waals surface area contributed by atoms with Gasteiger partial charge in [-0.2, -0.15) is 5.01 Å². The molecule has 0 radical (unpaired) electrons. The number of urea groups is 1. The van der Waals surface area contributed by atoms with Crippen LogP contribution in [-0.4, -0.2) is 48.9 Å². The number of thioether (sulfide) groups is 1. The van der Waals surface area contributed by atoms with Crippen molar-refractivity contribution in [3.63, 3.8) is 0 Å². The van der Waals surface area contributed by atoms with Crippen LogP contribution in [0.1, 0.15) is 43.5 Å². The second kappa shape index (κ2) is 9.53. The maximum absolute atomic E-state index is 13.0. The third-order valence-corrected chi connectivity index (χ3v) is 7.13. The molecule has 1 aromatic heterocycles. The summed E-state index contributed by atoms with van der Waals surface area (Å²) in [6.45, 7) is 1.68. The molecule has 35 heavy (non-hydrogen) atoms. The zero-order valence-electron chi connectivity index (χ0n) is 19.3. The predicted molar refractivity (Wildman–Crippen MR) is 131 cm³/mol. The molecule has 0 unspecified atom stereocenters. The second-order valence-electron chi connectivity index (χ2n) is 9.00. The lowest BCUT2D eigenvalue weighted by atomic mass is 9.93. The van der Waals surface area contributed by atoms with Crippen LogP contribution in [0.4, 0.5) is 4.79 Å². The van der Waals surface area contributed by atoms with Crippen molar-refractivity contribution in [2.45, 2.75) is 49.2 Å². The fourth-order valence-electron chi connectivity index (χ4n) is 4.08. The Labute approximate surface area is 207 Å². The standard InChI is InChI=1S/C25H26N6O3S/c1-25(15-14-17-8-4-2-5-9-17)22(33)31(23(34)26-25)29-20(32)16-35-24-28-27-21(18-12-13-18)30(24)19-10-6-3-7-11-19/h2-11,18H,12-16H2,1H3,(H,26,34)(H,29,32)/t25-/m1/s1. The second-order valence-corrected chi connectivity index (χ2v) is 9.94. The molecule has 5 rings (SSSR count). The molecular weight excluding hydrogens is 464 g/mol. The van der Waals surface area contributed by atoms with Crippen LogP contribution >= 0.6 is 11.8 Å². The lowest BCUT2D eigenvalue weighted by Crippen LogP contribution is -2.49. The Hall–Kier alpha value is -3.66. The van der Waals surface area contributed by atoms with Crippen LogP contribution in [0.5, 0.6) is 0 Å². The molecule has 1 saturated heterocycles. The lowest BCUT2D eigenvalue weighted by Gasteiger charge is -2.21. The fourth-order valence-corrected chi connectivity index (χ4v) is 4.83. The van der Waals surface area contributed by atoms with E-state index in [1.165, 1.54) is 11.8 Å². The average molecular weight is 491 g/mol. The highest BCUT2D eigenvalue weighted by atomic mass is 32.2.